The Morgan fingerprint density at radius 2 is 1.62 bits per heavy atom. The van der Waals surface area contributed by atoms with Gasteiger partial charge in [0.15, 0.2) is 9.84 Å². The van der Waals surface area contributed by atoms with Crippen molar-refractivity contribution in [3.05, 3.63) is 0 Å². The van der Waals surface area contributed by atoms with Crippen LogP contribution in [0, 0.1) is 17.8 Å². The monoisotopic (exact) mass is 471 g/mol. The molecular formula is C25H45NO5S. The molecule has 0 aromatic rings. The van der Waals surface area contributed by atoms with E-state index in [0.717, 1.165) is 23.7 Å². The number of hydrogen-bond donors (Lipinski definition) is 1. The number of carbonyl (C=O) groups is 1. The molecule has 7 heteroatoms. The van der Waals surface area contributed by atoms with E-state index in [9.17, 15) is 18.3 Å². The van der Waals surface area contributed by atoms with Crippen molar-refractivity contribution in [2.45, 2.75) is 129 Å². The third-order valence-electron chi connectivity index (χ3n) is 5.85. The highest BCUT2D eigenvalue weighted by Crippen LogP contribution is 2.36. The Balaban J connectivity index is 2.54. The number of rotatable bonds is 10. The summed E-state index contributed by atoms with van der Waals surface area (Å²) in [6, 6.07) is -0.941. The fourth-order valence-electron chi connectivity index (χ4n) is 3.87. The van der Waals surface area contributed by atoms with Gasteiger partial charge in [-0.25, -0.2) is 13.2 Å². The van der Waals surface area contributed by atoms with Gasteiger partial charge >= 0.3 is 6.09 Å². The third-order valence-corrected chi connectivity index (χ3v) is 8.35. The number of hydrogen-bond acceptors (Lipinski definition) is 5. The Hall–Kier alpha value is -1.26. The maximum atomic E-state index is 12.7. The van der Waals surface area contributed by atoms with Crippen molar-refractivity contribution in [1.82, 2.24) is 4.90 Å². The Morgan fingerprint density at radius 3 is 2.16 bits per heavy atom. The van der Waals surface area contributed by atoms with Gasteiger partial charge in [-0.3, -0.25) is 4.90 Å². The van der Waals surface area contributed by atoms with Gasteiger partial charge in [0.05, 0.1) is 11.8 Å². The summed E-state index contributed by atoms with van der Waals surface area (Å²) in [7, 11) is -3.63. The van der Waals surface area contributed by atoms with Crippen molar-refractivity contribution in [2.75, 3.05) is 5.75 Å². The van der Waals surface area contributed by atoms with Crippen LogP contribution in [-0.2, 0) is 14.6 Å². The van der Waals surface area contributed by atoms with Crippen LogP contribution >= 0.6 is 0 Å². The summed E-state index contributed by atoms with van der Waals surface area (Å²) < 4.78 is 30.7. The number of nitrogens with zero attached hydrogens (tertiary/aromatic N) is 1. The second-order valence-electron chi connectivity index (χ2n) is 10.8. The lowest BCUT2D eigenvalue weighted by Crippen LogP contribution is -2.53. The van der Waals surface area contributed by atoms with Crippen molar-refractivity contribution >= 4 is 15.9 Å². The molecule has 1 fully saturated rings. The van der Waals surface area contributed by atoms with Crippen LogP contribution < -0.4 is 0 Å². The molecule has 0 aromatic heterocycles. The molecule has 0 spiro atoms. The zero-order valence-electron chi connectivity index (χ0n) is 21.2. The van der Waals surface area contributed by atoms with Gasteiger partial charge in [-0.1, -0.05) is 64.7 Å². The first-order chi connectivity index (χ1) is 14.7. The molecule has 0 bridgehead atoms. The van der Waals surface area contributed by atoms with Crippen LogP contribution in [-0.4, -0.2) is 52.9 Å². The zero-order valence-corrected chi connectivity index (χ0v) is 22.1. The zero-order chi connectivity index (χ0) is 24.6. The SMILES string of the molecule is CC(C)CCCCCCCCCC#C[C@@H](O)[C@@H]1CS(=O)(=O)C(C)(C)N1C(=O)OC(C)(C)C. The second-order valence-corrected chi connectivity index (χ2v) is 13.4. The minimum Gasteiger partial charge on any atom is -0.444 e. The molecule has 1 amide bonds. The quantitative estimate of drug-likeness (QED) is 0.346. The third kappa shape index (κ3) is 8.94. The fourth-order valence-corrected chi connectivity index (χ4v) is 5.57. The number of unbranched alkanes of at least 4 members (excludes halogenated alkanes) is 7. The Bertz CT molecular complexity index is 755. The smallest absolute Gasteiger partial charge is 0.411 e. The highest BCUT2D eigenvalue weighted by atomic mass is 32.2. The molecule has 6 nitrogen and oxygen atoms in total. The molecule has 0 aromatic carbocycles. The van der Waals surface area contributed by atoms with Crippen molar-refractivity contribution in [2.24, 2.45) is 5.92 Å². The van der Waals surface area contributed by atoms with Gasteiger partial charge in [0.1, 0.15) is 16.6 Å². The lowest BCUT2D eigenvalue weighted by atomic mass is 10.0. The summed E-state index contributed by atoms with van der Waals surface area (Å²) in [6.45, 7) is 12.6. The van der Waals surface area contributed by atoms with Crippen molar-refractivity contribution in [3.8, 4) is 11.8 Å². The summed E-state index contributed by atoms with van der Waals surface area (Å²) in [5, 5.41) is 10.6. The van der Waals surface area contributed by atoms with E-state index < -0.39 is 38.5 Å². The molecule has 1 heterocycles. The lowest BCUT2D eigenvalue weighted by molar-refractivity contribution is -0.00321. The largest absolute Gasteiger partial charge is 0.444 e. The summed E-state index contributed by atoms with van der Waals surface area (Å²) in [6.07, 6.45) is 8.36. The summed E-state index contributed by atoms with van der Waals surface area (Å²) in [5.74, 6) is 6.20. The molecule has 1 aliphatic heterocycles. The minimum absolute atomic E-state index is 0.327. The van der Waals surface area contributed by atoms with E-state index in [4.69, 9.17) is 4.74 Å². The van der Waals surface area contributed by atoms with Crippen molar-refractivity contribution in [3.63, 3.8) is 0 Å². The number of ether oxygens (including phenoxy) is 1. The molecule has 1 N–H and O–H groups in total. The molecule has 1 aliphatic rings. The van der Waals surface area contributed by atoms with Crippen LogP contribution in [0.3, 0.4) is 0 Å². The Labute approximate surface area is 196 Å². The lowest BCUT2D eigenvalue weighted by Gasteiger charge is -2.35. The topological polar surface area (TPSA) is 83.9 Å². The van der Waals surface area contributed by atoms with E-state index in [0.29, 0.717) is 6.42 Å². The van der Waals surface area contributed by atoms with Crippen LogP contribution in [0.1, 0.15) is 106 Å². The molecule has 2 atom stereocenters. The number of sulfone groups is 1. The predicted octanol–water partition coefficient (Wildman–Crippen LogP) is 5.29. The van der Waals surface area contributed by atoms with Crippen molar-refractivity contribution in [1.29, 1.82) is 0 Å². The Morgan fingerprint density at radius 1 is 1.09 bits per heavy atom. The predicted molar refractivity (Wildman–Crippen MR) is 130 cm³/mol. The summed E-state index contributed by atoms with van der Waals surface area (Å²) >= 11 is 0. The molecule has 186 valence electrons. The first-order valence-electron chi connectivity index (χ1n) is 12.1. The molecule has 32 heavy (non-hydrogen) atoms. The van der Waals surface area contributed by atoms with Gasteiger partial charge in [-0.2, -0.15) is 0 Å². The highest BCUT2D eigenvalue weighted by Gasteiger charge is 2.56. The van der Waals surface area contributed by atoms with E-state index in [1.807, 2.05) is 0 Å². The van der Waals surface area contributed by atoms with Gasteiger partial charge < -0.3 is 9.84 Å². The molecule has 0 radical (unpaired) electrons. The fraction of sp³-hybridized carbons (Fsp3) is 0.880. The molecule has 0 aliphatic carbocycles. The second kappa shape index (κ2) is 12.3. The maximum Gasteiger partial charge on any atom is 0.411 e. The number of aliphatic hydroxyl groups is 1. The maximum absolute atomic E-state index is 12.7. The van der Waals surface area contributed by atoms with Crippen LogP contribution in [0.15, 0.2) is 0 Å². The first kappa shape index (κ1) is 28.8. The van der Waals surface area contributed by atoms with Gasteiger partial charge in [-0.15, -0.1) is 5.92 Å². The molecular weight excluding hydrogens is 426 g/mol. The molecule has 0 saturated carbocycles. The van der Waals surface area contributed by atoms with Crippen molar-refractivity contribution < 1.29 is 23.1 Å². The van der Waals surface area contributed by atoms with Crippen LogP contribution in [0.25, 0.3) is 0 Å². The summed E-state index contributed by atoms with van der Waals surface area (Å²) in [5.41, 5.74) is -0.769. The van der Waals surface area contributed by atoms with Crippen LogP contribution in [0.5, 0.6) is 0 Å². The van der Waals surface area contributed by atoms with E-state index >= 15 is 0 Å². The number of carbonyl (C=O) groups excluding carboxylic acids is 1. The average molecular weight is 472 g/mol. The van der Waals surface area contributed by atoms with Gasteiger partial charge in [0.2, 0.25) is 0 Å². The van der Waals surface area contributed by atoms with Crippen LogP contribution in [0.4, 0.5) is 4.79 Å². The summed E-state index contributed by atoms with van der Waals surface area (Å²) in [4.78, 5) is 12.4. The minimum atomic E-state index is -3.63. The van der Waals surface area contributed by atoms with E-state index in [2.05, 4.69) is 25.7 Å². The Kier molecular flexibility index (Phi) is 11.0. The van der Waals surface area contributed by atoms with Crippen LogP contribution in [0.2, 0.25) is 0 Å². The van der Waals surface area contributed by atoms with Gasteiger partial charge in [0.25, 0.3) is 0 Å². The standard InChI is InChI=1S/C25H45NO5S/c1-20(2)17-15-13-11-9-8-10-12-14-16-18-22(27)21-19-32(29,30)25(6,7)26(21)23(28)31-24(3,4)5/h20-22,27H,8-15,17,19H2,1-7H3/t21-,22+/m0/s1. The van der Waals surface area contributed by atoms with E-state index in [1.54, 1.807) is 20.8 Å². The highest BCUT2D eigenvalue weighted by molar-refractivity contribution is 7.93. The average Bonchev–Trinajstić information content (AvgIpc) is 2.82. The molecule has 1 saturated heterocycles. The van der Waals surface area contributed by atoms with Gasteiger partial charge in [0, 0.05) is 6.42 Å². The van der Waals surface area contributed by atoms with E-state index in [-0.39, 0.29) is 5.75 Å². The molecule has 1 rings (SSSR count). The normalized spacial score (nSPS) is 20.7. The van der Waals surface area contributed by atoms with E-state index in [1.165, 1.54) is 52.4 Å². The van der Waals surface area contributed by atoms with Gasteiger partial charge in [-0.05, 0) is 47.0 Å². The molecule has 0 unspecified atom stereocenters. The number of aliphatic hydroxyl groups excluding tert-OH is 1. The first-order valence-corrected chi connectivity index (χ1v) is 13.8. The number of amides is 1.